The molecule has 4 heteroatoms. The highest BCUT2D eigenvalue weighted by Gasteiger charge is 2.50. The molecule has 1 unspecified atom stereocenters. The molecule has 0 bridgehead atoms. The highest BCUT2D eigenvalue weighted by Crippen LogP contribution is 2.48. The molecule has 0 aromatic carbocycles. The van der Waals surface area contributed by atoms with Gasteiger partial charge in [-0.3, -0.25) is 9.69 Å². The summed E-state index contributed by atoms with van der Waals surface area (Å²) in [6, 6.07) is -0.290. The number of rotatable bonds is 6. The number of likely N-dealkylation sites (tertiary alicyclic amines) is 1. The Balaban J connectivity index is 1.77. The van der Waals surface area contributed by atoms with Crippen LogP contribution in [0, 0.1) is 5.41 Å². The van der Waals surface area contributed by atoms with E-state index in [1.165, 1.54) is 19.3 Å². The number of nitrogens with zero attached hydrogens (tertiary/aromatic N) is 1. The van der Waals surface area contributed by atoms with Crippen LogP contribution in [0.1, 0.15) is 32.1 Å². The molecule has 0 amide bonds. The van der Waals surface area contributed by atoms with Crippen LogP contribution in [-0.4, -0.2) is 48.8 Å². The fourth-order valence-corrected chi connectivity index (χ4v) is 2.91. The van der Waals surface area contributed by atoms with Crippen molar-refractivity contribution in [3.63, 3.8) is 0 Å². The minimum atomic E-state index is -0.676. The lowest BCUT2D eigenvalue weighted by Crippen LogP contribution is -2.64. The van der Waals surface area contributed by atoms with Crippen molar-refractivity contribution in [2.45, 2.75) is 38.1 Å². The number of ether oxygens (including phenoxy) is 1. The summed E-state index contributed by atoms with van der Waals surface area (Å²) < 4.78 is 4.97. The second-order valence-electron chi connectivity index (χ2n) is 5.25. The van der Waals surface area contributed by atoms with E-state index in [2.05, 4.69) is 4.90 Å². The third-order valence-corrected chi connectivity index (χ3v) is 4.04. The number of methoxy groups -OCH3 is 1. The lowest BCUT2D eigenvalue weighted by Gasteiger charge is -2.57. The van der Waals surface area contributed by atoms with Gasteiger partial charge in [-0.1, -0.05) is 6.42 Å². The Morgan fingerprint density at radius 1 is 1.50 bits per heavy atom. The third-order valence-electron chi connectivity index (χ3n) is 4.04. The van der Waals surface area contributed by atoms with Crippen molar-refractivity contribution in [1.82, 2.24) is 4.90 Å². The first-order valence-electron chi connectivity index (χ1n) is 6.13. The Hall–Kier alpha value is -0.610. The van der Waals surface area contributed by atoms with Crippen molar-refractivity contribution in [3.05, 3.63) is 0 Å². The van der Waals surface area contributed by atoms with Gasteiger partial charge in [-0.05, 0) is 31.1 Å². The van der Waals surface area contributed by atoms with Crippen molar-refractivity contribution in [1.29, 1.82) is 0 Å². The van der Waals surface area contributed by atoms with Crippen LogP contribution in [0.4, 0.5) is 0 Å². The average Bonchev–Trinajstić information content (AvgIpc) is 2.10. The van der Waals surface area contributed by atoms with Gasteiger partial charge in [-0.2, -0.15) is 0 Å². The molecule has 1 aliphatic heterocycles. The Morgan fingerprint density at radius 3 is 2.62 bits per heavy atom. The lowest BCUT2D eigenvalue weighted by molar-refractivity contribution is -0.154. The molecule has 1 aliphatic carbocycles. The van der Waals surface area contributed by atoms with Crippen LogP contribution in [0.15, 0.2) is 0 Å². The van der Waals surface area contributed by atoms with Crippen LogP contribution in [0.3, 0.4) is 0 Å². The molecule has 0 aromatic heterocycles. The van der Waals surface area contributed by atoms with E-state index < -0.39 is 5.97 Å². The van der Waals surface area contributed by atoms with Gasteiger partial charge in [0.15, 0.2) is 0 Å². The van der Waals surface area contributed by atoms with Crippen molar-refractivity contribution in [2.24, 2.45) is 5.41 Å². The van der Waals surface area contributed by atoms with Gasteiger partial charge >= 0.3 is 5.97 Å². The van der Waals surface area contributed by atoms with Crippen molar-refractivity contribution in [2.75, 3.05) is 26.8 Å². The Kier molecular flexibility index (Phi) is 3.50. The highest BCUT2D eigenvalue weighted by atomic mass is 16.5. The lowest BCUT2D eigenvalue weighted by atomic mass is 9.63. The van der Waals surface area contributed by atoms with E-state index in [4.69, 9.17) is 4.74 Å². The molecule has 1 saturated carbocycles. The van der Waals surface area contributed by atoms with Crippen LogP contribution >= 0.6 is 0 Å². The summed E-state index contributed by atoms with van der Waals surface area (Å²) >= 11 is 0. The monoisotopic (exact) mass is 227 g/mol. The minimum Gasteiger partial charge on any atom is -0.480 e. The fourth-order valence-electron chi connectivity index (χ4n) is 2.91. The summed E-state index contributed by atoms with van der Waals surface area (Å²) in [5.41, 5.74) is 0.509. The Bertz CT molecular complexity index is 255. The zero-order valence-electron chi connectivity index (χ0n) is 9.95. The first kappa shape index (κ1) is 11.9. The molecule has 2 fully saturated rings. The quantitative estimate of drug-likeness (QED) is 0.696. The number of hydrogen-bond donors (Lipinski definition) is 1. The predicted molar refractivity (Wildman–Crippen MR) is 60.4 cm³/mol. The zero-order chi connectivity index (χ0) is 11.6. The van der Waals surface area contributed by atoms with Crippen molar-refractivity contribution < 1.29 is 14.6 Å². The highest BCUT2D eigenvalue weighted by molar-refractivity contribution is 5.73. The molecule has 1 spiro atoms. The molecule has 2 aliphatic rings. The van der Waals surface area contributed by atoms with Gasteiger partial charge in [0.25, 0.3) is 0 Å². The average molecular weight is 227 g/mol. The molecule has 92 valence electrons. The molecule has 1 saturated heterocycles. The molecule has 16 heavy (non-hydrogen) atoms. The molecule has 1 N–H and O–H groups in total. The minimum absolute atomic E-state index is 0.290. The van der Waals surface area contributed by atoms with E-state index in [-0.39, 0.29) is 6.04 Å². The fraction of sp³-hybridized carbons (Fsp3) is 0.917. The molecule has 1 heterocycles. The normalized spacial score (nSPS) is 24.8. The standard InChI is InChI=1S/C12H21NO3/c1-16-7-2-4-10(11(14)15)13-8-12(9-13)5-3-6-12/h10H,2-9H2,1H3,(H,14,15). The molecule has 0 radical (unpaired) electrons. The van der Waals surface area contributed by atoms with Crippen LogP contribution in [0.25, 0.3) is 0 Å². The van der Waals surface area contributed by atoms with Crippen LogP contribution in [0.2, 0.25) is 0 Å². The number of carboxylic acid groups (broad SMARTS) is 1. The van der Waals surface area contributed by atoms with E-state index in [0.717, 1.165) is 19.5 Å². The molecule has 2 rings (SSSR count). The smallest absolute Gasteiger partial charge is 0.320 e. The Labute approximate surface area is 96.6 Å². The van der Waals surface area contributed by atoms with Gasteiger partial charge in [-0.15, -0.1) is 0 Å². The second kappa shape index (κ2) is 4.72. The maximum atomic E-state index is 11.2. The first-order chi connectivity index (χ1) is 7.67. The van der Waals surface area contributed by atoms with Gasteiger partial charge in [0.2, 0.25) is 0 Å². The number of carboxylic acids is 1. The second-order valence-corrected chi connectivity index (χ2v) is 5.25. The van der Waals surface area contributed by atoms with Gasteiger partial charge < -0.3 is 9.84 Å². The summed E-state index contributed by atoms with van der Waals surface area (Å²) in [5.74, 6) is -0.676. The predicted octanol–water partition coefficient (Wildman–Crippen LogP) is 1.35. The van der Waals surface area contributed by atoms with Crippen molar-refractivity contribution in [3.8, 4) is 0 Å². The molecular formula is C12H21NO3. The zero-order valence-corrected chi connectivity index (χ0v) is 9.95. The molecule has 4 nitrogen and oxygen atoms in total. The van der Waals surface area contributed by atoms with Gasteiger partial charge in [0, 0.05) is 26.8 Å². The SMILES string of the molecule is COCCCC(C(=O)O)N1CC2(CCC2)C1. The van der Waals surface area contributed by atoms with Crippen LogP contribution in [-0.2, 0) is 9.53 Å². The summed E-state index contributed by atoms with van der Waals surface area (Å²) in [6.45, 7) is 2.65. The molecule has 1 atom stereocenters. The molecular weight excluding hydrogens is 206 g/mol. The number of carbonyl (C=O) groups is 1. The van der Waals surface area contributed by atoms with E-state index >= 15 is 0 Å². The van der Waals surface area contributed by atoms with Crippen LogP contribution in [0.5, 0.6) is 0 Å². The summed E-state index contributed by atoms with van der Waals surface area (Å²) in [7, 11) is 1.66. The molecule has 0 aromatic rings. The third kappa shape index (κ3) is 2.23. The summed E-state index contributed by atoms with van der Waals surface area (Å²) in [4.78, 5) is 13.3. The summed E-state index contributed by atoms with van der Waals surface area (Å²) in [5, 5.41) is 9.19. The van der Waals surface area contributed by atoms with Gasteiger partial charge in [0.05, 0.1) is 0 Å². The van der Waals surface area contributed by atoms with E-state index in [1.54, 1.807) is 7.11 Å². The van der Waals surface area contributed by atoms with Crippen molar-refractivity contribution >= 4 is 5.97 Å². The summed E-state index contributed by atoms with van der Waals surface area (Å²) in [6.07, 6.45) is 5.47. The number of hydrogen-bond acceptors (Lipinski definition) is 3. The van der Waals surface area contributed by atoms with Crippen LogP contribution < -0.4 is 0 Å². The largest absolute Gasteiger partial charge is 0.480 e. The van der Waals surface area contributed by atoms with Gasteiger partial charge in [0.1, 0.15) is 6.04 Å². The first-order valence-corrected chi connectivity index (χ1v) is 6.13. The maximum Gasteiger partial charge on any atom is 0.320 e. The van der Waals surface area contributed by atoms with E-state index in [1.807, 2.05) is 0 Å². The topological polar surface area (TPSA) is 49.8 Å². The number of aliphatic carboxylic acids is 1. The van der Waals surface area contributed by atoms with Gasteiger partial charge in [-0.25, -0.2) is 0 Å². The Morgan fingerprint density at radius 2 is 2.19 bits per heavy atom. The van der Waals surface area contributed by atoms with E-state index in [9.17, 15) is 9.90 Å². The maximum absolute atomic E-state index is 11.2. The van der Waals surface area contributed by atoms with E-state index in [0.29, 0.717) is 18.4 Å².